The summed E-state index contributed by atoms with van der Waals surface area (Å²) in [4.78, 5) is 6.91. The fourth-order valence-electron chi connectivity index (χ4n) is 3.41. The molecule has 24 heavy (non-hydrogen) atoms. The summed E-state index contributed by atoms with van der Waals surface area (Å²) in [6.07, 6.45) is 1.46. The highest BCUT2D eigenvalue weighted by Crippen LogP contribution is 2.26. The second-order valence-electron chi connectivity index (χ2n) is 6.36. The molecule has 1 atom stereocenters. The van der Waals surface area contributed by atoms with Crippen LogP contribution < -0.4 is 4.90 Å². The molecule has 4 rings (SSSR count). The molecule has 0 amide bonds. The number of nitrogens with zero attached hydrogens (tertiary/aromatic N) is 3. The van der Waals surface area contributed by atoms with Gasteiger partial charge in [0.2, 0.25) is 5.95 Å². The van der Waals surface area contributed by atoms with Gasteiger partial charge in [-0.2, -0.15) is 0 Å². The first-order valence-corrected chi connectivity index (χ1v) is 8.33. The van der Waals surface area contributed by atoms with Crippen LogP contribution in [0, 0.1) is 5.82 Å². The Bertz CT molecular complexity index is 861. The Kier molecular flexibility index (Phi) is 3.94. The zero-order valence-electron chi connectivity index (χ0n) is 13.4. The first-order valence-electron chi connectivity index (χ1n) is 8.33. The van der Waals surface area contributed by atoms with Crippen LogP contribution in [0.4, 0.5) is 10.3 Å². The molecule has 1 fully saturated rings. The molecular formula is C19H20FN3O. The van der Waals surface area contributed by atoms with Crippen molar-refractivity contribution in [3.63, 3.8) is 0 Å². The number of aliphatic hydroxyl groups is 1. The number of β-amino-alcohol motifs (C(OH)–C–C–N with tert-alkyl or cyclic N) is 1. The van der Waals surface area contributed by atoms with Crippen molar-refractivity contribution in [1.29, 1.82) is 0 Å². The summed E-state index contributed by atoms with van der Waals surface area (Å²) in [5.41, 5.74) is 2.85. The molecule has 0 spiro atoms. The predicted molar refractivity (Wildman–Crippen MR) is 92.7 cm³/mol. The Balaban J connectivity index is 1.78. The van der Waals surface area contributed by atoms with Gasteiger partial charge in [0.15, 0.2) is 0 Å². The van der Waals surface area contributed by atoms with Gasteiger partial charge in [0.1, 0.15) is 5.82 Å². The molecule has 1 aliphatic heterocycles. The number of imidazole rings is 1. The van der Waals surface area contributed by atoms with E-state index < -0.39 is 0 Å². The van der Waals surface area contributed by atoms with Crippen molar-refractivity contribution in [1.82, 2.24) is 9.55 Å². The molecule has 1 aromatic heterocycles. The lowest BCUT2D eigenvalue weighted by atomic mass is 10.1. The van der Waals surface area contributed by atoms with Crippen LogP contribution in [0.2, 0.25) is 0 Å². The van der Waals surface area contributed by atoms with E-state index in [-0.39, 0.29) is 11.9 Å². The highest BCUT2D eigenvalue weighted by Gasteiger charge is 2.23. The van der Waals surface area contributed by atoms with Crippen molar-refractivity contribution < 1.29 is 9.50 Å². The summed E-state index contributed by atoms with van der Waals surface area (Å²) in [5, 5.41) is 10.0. The molecule has 0 bridgehead atoms. The Labute approximate surface area is 140 Å². The number of rotatable bonds is 3. The summed E-state index contributed by atoms with van der Waals surface area (Å²) in [6.45, 7) is 2.02. The predicted octanol–water partition coefficient (Wildman–Crippen LogP) is 3.18. The zero-order chi connectivity index (χ0) is 16.5. The fraction of sp³-hybridized carbons (Fsp3) is 0.316. The number of halogens is 1. The minimum atomic E-state index is -0.318. The molecule has 2 heterocycles. The normalized spacial score (nSPS) is 18.2. The third kappa shape index (κ3) is 2.87. The maximum absolute atomic E-state index is 13.5. The van der Waals surface area contributed by atoms with Gasteiger partial charge in [0, 0.05) is 13.1 Å². The number of aromatic nitrogens is 2. The van der Waals surface area contributed by atoms with E-state index in [0.29, 0.717) is 13.1 Å². The fourth-order valence-corrected chi connectivity index (χ4v) is 3.41. The molecule has 3 aromatic rings. The average molecular weight is 325 g/mol. The maximum Gasteiger partial charge on any atom is 0.206 e. The third-order valence-corrected chi connectivity index (χ3v) is 4.54. The van der Waals surface area contributed by atoms with Gasteiger partial charge in [-0.25, -0.2) is 9.37 Å². The standard InChI is InChI=1S/C19H20FN3O/c20-15-6-3-5-14(11-15)12-23-18-9-2-1-8-17(18)21-19(23)22-10-4-7-16(24)13-22/h1-3,5-6,8-9,11,16,24H,4,7,10,12-13H2/t16-/m1/s1. The monoisotopic (exact) mass is 325 g/mol. The summed E-state index contributed by atoms with van der Waals surface area (Å²) in [7, 11) is 0. The number of piperidine rings is 1. The molecule has 1 saturated heterocycles. The molecule has 0 aliphatic carbocycles. The van der Waals surface area contributed by atoms with Crippen LogP contribution in [0.3, 0.4) is 0 Å². The van der Waals surface area contributed by atoms with Gasteiger partial charge in [-0.3, -0.25) is 0 Å². The zero-order valence-corrected chi connectivity index (χ0v) is 13.4. The van der Waals surface area contributed by atoms with E-state index in [1.165, 1.54) is 6.07 Å². The lowest BCUT2D eigenvalue weighted by Crippen LogP contribution is -2.39. The van der Waals surface area contributed by atoms with Crippen LogP contribution >= 0.6 is 0 Å². The number of hydrogen-bond donors (Lipinski definition) is 1. The Morgan fingerprint density at radius 2 is 2.04 bits per heavy atom. The average Bonchev–Trinajstić information content (AvgIpc) is 2.94. The molecule has 0 saturated carbocycles. The molecule has 1 N–H and O–H groups in total. The van der Waals surface area contributed by atoms with Crippen molar-refractivity contribution >= 4 is 17.0 Å². The van der Waals surface area contributed by atoms with Gasteiger partial charge in [-0.15, -0.1) is 0 Å². The summed E-state index contributed by atoms with van der Waals surface area (Å²) >= 11 is 0. The lowest BCUT2D eigenvalue weighted by Gasteiger charge is -2.31. The number of benzene rings is 2. The van der Waals surface area contributed by atoms with Crippen LogP contribution in [-0.4, -0.2) is 33.9 Å². The van der Waals surface area contributed by atoms with Gasteiger partial charge >= 0.3 is 0 Å². The summed E-state index contributed by atoms with van der Waals surface area (Å²) in [6, 6.07) is 14.6. The molecular weight excluding hydrogens is 305 g/mol. The van der Waals surface area contributed by atoms with Gasteiger partial charge < -0.3 is 14.6 Å². The van der Waals surface area contributed by atoms with E-state index in [2.05, 4.69) is 9.47 Å². The minimum Gasteiger partial charge on any atom is -0.391 e. The van der Waals surface area contributed by atoms with Crippen molar-refractivity contribution in [2.24, 2.45) is 0 Å². The number of aliphatic hydroxyl groups excluding tert-OH is 1. The van der Waals surface area contributed by atoms with Crippen molar-refractivity contribution in [2.75, 3.05) is 18.0 Å². The molecule has 2 aromatic carbocycles. The number of hydrogen-bond acceptors (Lipinski definition) is 3. The smallest absolute Gasteiger partial charge is 0.206 e. The van der Waals surface area contributed by atoms with Gasteiger partial charge in [-0.1, -0.05) is 24.3 Å². The number of anilines is 1. The van der Waals surface area contributed by atoms with Crippen LogP contribution in [0.25, 0.3) is 11.0 Å². The first kappa shape index (κ1) is 15.1. The van der Waals surface area contributed by atoms with Gasteiger partial charge in [0.05, 0.1) is 23.7 Å². The quantitative estimate of drug-likeness (QED) is 0.804. The SMILES string of the molecule is O[C@@H]1CCCN(c2nc3ccccc3n2Cc2cccc(F)c2)C1. The molecule has 4 nitrogen and oxygen atoms in total. The topological polar surface area (TPSA) is 41.3 Å². The van der Waals surface area contributed by atoms with Crippen LogP contribution in [0.1, 0.15) is 18.4 Å². The van der Waals surface area contributed by atoms with Crippen LogP contribution in [0.15, 0.2) is 48.5 Å². The van der Waals surface area contributed by atoms with Gasteiger partial charge in [0.25, 0.3) is 0 Å². The van der Waals surface area contributed by atoms with E-state index >= 15 is 0 Å². The third-order valence-electron chi connectivity index (χ3n) is 4.54. The molecule has 0 radical (unpaired) electrons. The lowest BCUT2D eigenvalue weighted by molar-refractivity contribution is 0.153. The molecule has 1 aliphatic rings. The van der Waals surface area contributed by atoms with Crippen molar-refractivity contribution in [3.8, 4) is 0 Å². The summed E-state index contributed by atoms with van der Waals surface area (Å²) in [5.74, 6) is 0.617. The summed E-state index contributed by atoms with van der Waals surface area (Å²) < 4.78 is 15.7. The Morgan fingerprint density at radius 3 is 2.88 bits per heavy atom. The minimum absolute atomic E-state index is 0.230. The second kappa shape index (κ2) is 6.24. The largest absolute Gasteiger partial charge is 0.391 e. The Hall–Kier alpha value is -2.40. The van der Waals surface area contributed by atoms with E-state index in [0.717, 1.165) is 41.9 Å². The maximum atomic E-state index is 13.5. The Morgan fingerprint density at radius 1 is 1.17 bits per heavy atom. The molecule has 124 valence electrons. The molecule has 5 heteroatoms. The van der Waals surface area contributed by atoms with Gasteiger partial charge in [-0.05, 0) is 42.7 Å². The molecule has 0 unspecified atom stereocenters. The highest BCUT2D eigenvalue weighted by molar-refractivity contribution is 5.79. The van der Waals surface area contributed by atoms with Crippen LogP contribution in [-0.2, 0) is 6.54 Å². The van der Waals surface area contributed by atoms with E-state index in [1.54, 1.807) is 12.1 Å². The first-order chi connectivity index (χ1) is 11.7. The van der Waals surface area contributed by atoms with E-state index in [9.17, 15) is 9.50 Å². The second-order valence-corrected chi connectivity index (χ2v) is 6.36. The number of fused-ring (bicyclic) bond motifs is 1. The van der Waals surface area contributed by atoms with E-state index in [4.69, 9.17) is 4.98 Å². The highest BCUT2D eigenvalue weighted by atomic mass is 19.1. The van der Waals surface area contributed by atoms with Crippen LogP contribution in [0.5, 0.6) is 0 Å². The number of para-hydroxylation sites is 2. The van der Waals surface area contributed by atoms with E-state index in [1.807, 2.05) is 30.3 Å². The van der Waals surface area contributed by atoms with Crippen molar-refractivity contribution in [3.05, 3.63) is 59.9 Å². The van der Waals surface area contributed by atoms with Crippen molar-refractivity contribution in [2.45, 2.75) is 25.5 Å².